The Hall–Kier alpha value is -1.06. The van der Waals surface area contributed by atoms with E-state index in [1.54, 1.807) is 0 Å². The van der Waals surface area contributed by atoms with E-state index in [0.717, 1.165) is 11.0 Å². The van der Waals surface area contributed by atoms with Crippen LogP contribution in [0.3, 0.4) is 0 Å². The fourth-order valence-corrected chi connectivity index (χ4v) is 1.59. The van der Waals surface area contributed by atoms with Crippen LogP contribution < -0.4 is 5.46 Å². The predicted octanol–water partition coefficient (Wildman–Crippen LogP) is 2.44. The Bertz CT molecular complexity index is 372. The summed E-state index contributed by atoms with van der Waals surface area (Å²) in [6, 6.07) is 8.06. The summed E-state index contributed by atoms with van der Waals surface area (Å²) >= 11 is 0. The van der Waals surface area contributed by atoms with Crippen molar-refractivity contribution in [1.29, 1.82) is 0 Å². The van der Waals surface area contributed by atoms with Crippen molar-refractivity contribution in [3.8, 4) is 0 Å². The normalized spacial score (nSPS) is 17.1. The van der Waals surface area contributed by atoms with Crippen LogP contribution in [-0.2, 0) is 9.31 Å². The minimum Gasteiger partial charge on any atom is -0.382 e. The molecule has 84 valence electrons. The van der Waals surface area contributed by atoms with Crippen molar-refractivity contribution in [2.75, 3.05) is 0 Å². The van der Waals surface area contributed by atoms with Gasteiger partial charge in [-0.1, -0.05) is 57.7 Å². The molecule has 1 heterocycles. The summed E-state index contributed by atoms with van der Waals surface area (Å²) in [5, 5.41) is 0. The number of benzene rings is 1. The molecule has 2 nitrogen and oxygen atoms in total. The maximum Gasteiger partial charge on any atom is 0.497 e. The topological polar surface area (TPSA) is 18.5 Å². The zero-order chi connectivity index (χ0) is 11.8. The molecule has 1 saturated heterocycles. The minimum absolute atomic E-state index is 0.0392. The van der Waals surface area contributed by atoms with E-state index in [2.05, 4.69) is 27.4 Å². The van der Waals surface area contributed by atoms with E-state index < -0.39 is 0 Å². The molecule has 0 spiro atoms. The van der Waals surface area contributed by atoms with Gasteiger partial charge in [0.1, 0.15) is 6.29 Å². The van der Waals surface area contributed by atoms with Gasteiger partial charge in [0.25, 0.3) is 0 Å². The molecular weight excluding hydrogens is 199 g/mol. The lowest BCUT2D eigenvalue weighted by molar-refractivity contribution is -0.167. The van der Waals surface area contributed by atoms with Gasteiger partial charge in [-0.2, -0.15) is 0 Å². The maximum atomic E-state index is 5.72. The summed E-state index contributed by atoms with van der Waals surface area (Å²) in [5.74, 6) is 0. The summed E-state index contributed by atoms with van der Waals surface area (Å²) in [6.45, 7) is 10.0. The molecule has 0 aromatic heterocycles. The van der Waals surface area contributed by atoms with E-state index in [1.165, 1.54) is 0 Å². The Morgan fingerprint density at radius 2 is 1.75 bits per heavy atom. The molecule has 0 saturated carbocycles. The van der Waals surface area contributed by atoms with Gasteiger partial charge in [0.2, 0.25) is 0 Å². The Kier molecular flexibility index (Phi) is 2.91. The minimum atomic E-state index is -0.205. The largest absolute Gasteiger partial charge is 0.497 e. The highest BCUT2D eigenvalue weighted by atomic mass is 16.8. The summed E-state index contributed by atoms with van der Waals surface area (Å²) in [5.41, 5.74) is 2.21. The summed E-state index contributed by atoms with van der Waals surface area (Å²) < 4.78 is 11.4. The van der Waals surface area contributed by atoms with E-state index in [9.17, 15) is 0 Å². The molecule has 0 radical (unpaired) electrons. The van der Waals surface area contributed by atoms with E-state index in [0.29, 0.717) is 0 Å². The standard InChI is InChI=1S/C13H17BO2/c1-5-10-6-8-11(9-7-10)14-15-12(16-14)13(2,3)4/h5-9,12H,1H2,2-4H3. The molecule has 0 aliphatic carbocycles. The molecule has 1 aromatic rings. The zero-order valence-corrected chi connectivity index (χ0v) is 10.1. The third kappa shape index (κ3) is 2.20. The van der Waals surface area contributed by atoms with Crippen molar-refractivity contribution in [1.82, 2.24) is 0 Å². The first-order valence-corrected chi connectivity index (χ1v) is 5.54. The predicted molar refractivity (Wildman–Crippen MR) is 67.3 cm³/mol. The number of hydrogen-bond acceptors (Lipinski definition) is 2. The third-order valence-electron chi connectivity index (χ3n) is 2.65. The van der Waals surface area contributed by atoms with Gasteiger partial charge in [-0.25, -0.2) is 0 Å². The molecule has 0 N–H and O–H groups in total. The van der Waals surface area contributed by atoms with Gasteiger partial charge in [-0.15, -0.1) is 0 Å². The van der Waals surface area contributed by atoms with Gasteiger partial charge in [0.05, 0.1) is 0 Å². The Morgan fingerprint density at radius 3 is 2.19 bits per heavy atom. The Balaban J connectivity index is 1.99. The molecule has 1 aliphatic rings. The van der Waals surface area contributed by atoms with Crippen LogP contribution in [-0.4, -0.2) is 13.4 Å². The molecule has 16 heavy (non-hydrogen) atoms. The highest BCUT2D eigenvalue weighted by molar-refractivity contribution is 6.62. The third-order valence-corrected chi connectivity index (χ3v) is 2.65. The van der Waals surface area contributed by atoms with Crippen molar-refractivity contribution >= 4 is 18.7 Å². The Morgan fingerprint density at radius 1 is 1.19 bits per heavy atom. The van der Waals surface area contributed by atoms with Crippen molar-refractivity contribution in [3.05, 3.63) is 36.4 Å². The molecule has 0 atom stereocenters. The highest BCUT2D eigenvalue weighted by Gasteiger charge is 2.44. The van der Waals surface area contributed by atoms with E-state index in [4.69, 9.17) is 9.31 Å². The second-order valence-electron chi connectivity index (χ2n) is 5.17. The van der Waals surface area contributed by atoms with Crippen LogP contribution in [0.1, 0.15) is 26.3 Å². The zero-order valence-electron chi connectivity index (χ0n) is 10.1. The molecule has 0 amide bonds. The van der Waals surface area contributed by atoms with Crippen LogP contribution in [0.4, 0.5) is 0 Å². The molecule has 1 aliphatic heterocycles. The van der Waals surface area contributed by atoms with Crippen molar-refractivity contribution in [3.63, 3.8) is 0 Å². The van der Waals surface area contributed by atoms with Crippen molar-refractivity contribution in [2.45, 2.75) is 27.1 Å². The van der Waals surface area contributed by atoms with Gasteiger partial charge in [0, 0.05) is 5.41 Å². The lowest BCUT2D eigenvalue weighted by Crippen LogP contribution is -2.57. The average molecular weight is 216 g/mol. The second kappa shape index (κ2) is 4.08. The van der Waals surface area contributed by atoms with E-state index >= 15 is 0 Å². The van der Waals surface area contributed by atoms with E-state index in [-0.39, 0.29) is 18.8 Å². The van der Waals surface area contributed by atoms with Crippen LogP contribution in [0, 0.1) is 5.41 Å². The molecule has 3 heteroatoms. The van der Waals surface area contributed by atoms with Crippen molar-refractivity contribution in [2.24, 2.45) is 5.41 Å². The fraction of sp³-hybridized carbons (Fsp3) is 0.385. The maximum absolute atomic E-state index is 5.72. The van der Waals surface area contributed by atoms with Gasteiger partial charge in [0.15, 0.2) is 0 Å². The summed E-state index contributed by atoms with van der Waals surface area (Å²) in [4.78, 5) is 0. The van der Waals surface area contributed by atoms with Gasteiger partial charge >= 0.3 is 7.12 Å². The molecule has 1 aromatic carbocycles. The van der Waals surface area contributed by atoms with Gasteiger partial charge in [-0.3, -0.25) is 0 Å². The first kappa shape index (κ1) is 11.4. The first-order valence-electron chi connectivity index (χ1n) is 5.54. The number of rotatable bonds is 2. The fourth-order valence-electron chi connectivity index (χ4n) is 1.59. The lowest BCUT2D eigenvalue weighted by atomic mass is 9.74. The van der Waals surface area contributed by atoms with Crippen LogP contribution in [0.25, 0.3) is 6.08 Å². The summed E-state index contributed by atoms with van der Waals surface area (Å²) in [6.07, 6.45) is 1.72. The quantitative estimate of drug-likeness (QED) is 0.707. The van der Waals surface area contributed by atoms with Crippen LogP contribution in [0.15, 0.2) is 30.8 Å². The van der Waals surface area contributed by atoms with E-state index in [1.807, 2.05) is 30.3 Å². The van der Waals surface area contributed by atoms with Gasteiger partial charge < -0.3 is 9.31 Å². The molecule has 0 unspecified atom stereocenters. The Labute approximate surface area is 97.4 Å². The van der Waals surface area contributed by atoms with Crippen LogP contribution >= 0.6 is 0 Å². The van der Waals surface area contributed by atoms with Crippen LogP contribution in [0.5, 0.6) is 0 Å². The average Bonchev–Trinajstić information content (AvgIpc) is 2.14. The molecule has 2 rings (SSSR count). The monoisotopic (exact) mass is 216 g/mol. The molecule has 1 fully saturated rings. The molecular formula is C13H17BO2. The lowest BCUT2D eigenvalue weighted by Gasteiger charge is -2.42. The van der Waals surface area contributed by atoms with Crippen LogP contribution in [0.2, 0.25) is 0 Å². The first-order chi connectivity index (χ1) is 7.50. The van der Waals surface area contributed by atoms with Crippen molar-refractivity contribution < 1.29 is 9.31 Å². The highest BCUT2D eigenvalue weighted by Crippen LogP contribution is 2.30. The van der Waals surface area contributed by atoms with Gasteiger partial charge in [-0.05, 0) is 11.0 Å². The molecule has 0 bridgehead atoms. The number of hydrogen-bond donors (Lipinski definition) is 0. The second-order valence-corrected chi connectivity index (χ2v) is 5.17. The SMILES string of the molecule is C=Cc1ccc(B2OC(C(C)(C)C)O2)cc1. The smallest absolute Gasteiger partial charge is 0.382 e. The summed E-state index contributed by atoms with van der Waals surface area (Å²) in [7, 11) is -0.205.